The summed E-state index contributed by atoms with van der Waals surface area (Å²) in [6.07, 6.45) is 12.4. The van der Waals surface area contributed by atoms with E-state index in [1.807, 2.05) is 26.0 Å². The Hall–Kier alpha value is -2.22. The molecule has 0 heterocycles. The zero-order chi connectivity index (χ0) is 28.4. The molecule has 0 aliphatic heterocycles. The fourth-order valence-electron chi connectivity index (χ4n) is 10.5. The summed E-state index contributed by atoms with van der Waals surface area (Å²) in [5.74, 6) is 0.508. The minimum absolute atomic E-state index is 0.0519. The summed E-state index contributed by atoms with van der Waals surface area (Å²) in [6, 6.07) is 2.20. The van der Waals surface area contributed by atoms with Crippen LogP contribution in [-0.2, 0) is 14.4 Å². The highest BCUT2D eigenvalue weighted by Crippen LogP contribution is 2.73. The van der Waals surface area contributed by atoms with E-state index in [0.717, 1.165) is 63.4 Å². The summed E-state index contributed by atoms with van der Waals surface area (Å²) in [5.41, 5.74) is -0.441. The molecule has 4 saturated carbocycles. The van der Waals surface area contributed by atoms with Gasteiger partial charge in [-0.15, -0.1) is 0 Å². The molecular weight excluding hydrogens is 484 g/mol. The molecule has 1 amide bonds. The minimum Gasteiger partial charge on any atom is -0.350 e. The van der Waals surface area contributed by atoms with Crippen LogP contribution < -0.4 is 5.32 Å². The lowest BCUT2D eigenvalue weighted by Crippen LogP contribution is -2.69. The molecule has 0 radical (unpaired) electrons. The highest BCUT2D eigenvalue weighted by Gasteiger charge is 2.70. The number of hydrogen-bond donors (Lipinski definition) is 1. The van der Waals surface area contributed by atoms with Gasteiger partial charge in [0.2, 0.25) is 5.91 Å². The van der Waals surface area contributed by atoms with Crippen LogP contribution in [0.25, 0.3) is 0 Å². The van der Waals surface area contributed by atoms with Gasteiger partial charge in [-0.05, 0) is 91.9 Å². The molecule has 6 aliphatic rings. The van der Waals surface area contributed by atoms with Crippen molar-refractivity contribution in [2.24, 2.45) is 50.7 Å². The fourth-order valence-corrected chi connectivity index (χ4v) is 10.5. The molecule has 0 spiro atoms. The van der Waals surface area contributed by atoms with Crippen molar-refractivity contribution in [2.75, 3.05) is 0 Å². The van der Waals surface area contributed by atoms with Gasteiger partial charge in [0.1, 0.15) is 6.07 Å². The van der Waals surface area contributed by atoms with Gasteiger partial charge in [0.05, 0.1) is 5.57 Å². The number of Topliss-reactive ketones (excluding diaryl/α,β-unsaturated/α-hetero) is 1. The smallest absolute Gasteiger partial charge is 0.223 e. The van der Waals surface area contributed by atoms with Crippen molar-refractivity contribution in [2.45, 2.75) is 112 Å². The summed E-state index contributed by atoms with van der Waals surface area (Å²) in [4.78, 5) is 41.0. The highest BCUT2D eigenvalue weighted by atomic mass is 16.2. The second-order valence-electron chi connectivity index (χ2n) is 16.2. The molecule has 0 aromatic heterocycles. The molecular formula is C34H46N2O3. The molecule has 1 N–H and O–H groups in total. The number of ketones is 2. The van der Waals surface area contributed by atoms with Gasteiger partial charge in [-0.1, -0.05) is 60.1 Å². The molecule has 6 aliphatic carbocycles. The second kappa shape index (κ2) is 7.95. The molecule has 0 bridgehead atoms. The normalized spacial score (nSPS) is 45.8. The van der Waals surface area contributed by atoms with Crippen molar-refractivity contribution in [3.05, 3.63) is 23.3 Å². The van der Waals surface area contributed by atoms with Crippen LogP contribution in [0.5, 0.6) is 0 Å². The third-order valence-corrected chi connectivity index (χ3v) is 13.2. The number of rotatable bonds is 2. The van der Waals surface area contributed by atoms with E-state index < -0.39 is 10.8 Å². The maximum Gasteiger partial charge on any atom is 0.223 e. The van der Waals surface area contributed by atoms with E-state index in [1.54, 1.807) is 0 Å². The number of hydrogen-bond acceptors (Lipinski definition) is 4. The number of nitrogens with one attached hydrogen (secondary N) is 1. The number of carbonyl (C=O) groups is 3. The van der Waals surface area contributed by atoms with E-state index in [9.17, 15) is 19.6 Å². The zero-order valence-electron chi connectivity index (χ0n) is 25.0. The van der Waals surface area contributed by atoms with E-state index in [4.69, 9.17) is 0 Å². The summed E-state index contributed by atoms with van der Waals surface area (Å²) in [6.45, 7) is 15.5. The Morgan fingerprint density at radius 3 is 2.26 bits per heavy atom. The van der Waals surface area contributed by atoms with E-state index in [-0.39, 0.29) is 68.5 Å². The van der Waals surface area contributed by atoms with E-state index in [1.165, 1.54) is 0 Å². The van der Waals surface area contributed by atoms with Gasteiger partial charge in [0.25, 0.3) is 0 Å². The largest absolute Gasteiger partial charge is 0.350 e. The molecule has 4 fully saturated rings. The van der Waals surface area contributed by atoms with Gasteiger partial charge in [-0.2, -0.15) is 5.26 Å². The summed E-state index contributed by atoms with van der Waals surface area (Å²) < 4.78 is 0. The molecule has 2 unspecified atom stereocenters. The van der Waals surface area contributed by atoms with Crippen LogP contribution in [0.15, 0.2) is 23.3 Å². The van der Waals surface area contributed by atoms with Crippen molar-refractivity contribution < 1.29 is 14.4 Å². The topological polar surface area (TPSA) is 87.0 Å². The summed E-state index contributed by atoms with van der Waals surface area (Å²) >= 11 is 0. The van der Waals surface area contributed by atoms with Gasteiger partial charge in [-0.25, -0.2) is 0 Å². The fraction of sp³-hybridized carbons (Fsp3) is 0.765. The van der Waals surface area contributed by atoms with Gasteiger partial charge >= 0.3 is 0 Å². The van der Waals surface area contributed by atoms with Gasteiger partial charge in [0.15, 0.2) is 11.6 Å². The summed E-state index contributed by atoms with van der Waals surface area (Å²) in [7, 11) is 0. The van der Waals surface area contributed by atoms with Crippen LogP contribution in [0, 0.1) is 62.1 Å². The van der Waals surface area contributed by atoms with Crippen molar-refractivity contribution >= 4 is 17.5 Å². The minimum atomic E-state index is -0.653. The molecule has 0 aromatic rings. The number of fused-ring (bicyclic) bond motifs is 7. The molecule has 39 heavy (non-hydrogen) atoms. The Morgan fingerprint density at radius 1 is 0.949 bits per heavy atom. The standard InChI is InChI=1S/C34H46N2O3/c1-29(2)12-14-34(36-28(39)20-8-9-20)15-13-33(7)26(22(34)18-29)23(37)16-25-31(5)17-21(19-35)27(38)30(3,4)24(31)10-11-32(25,33)6/h16-17,20,22,24,26H,8-15,18H2,1-7H3,(H,36,39)/t22?,24?,26-,31-,32+,33+,34-/m0/s1. The first kappa shape index (κ1) is 27.0. The predicted molar refractivity (Wildman–Crippen MR) is 150 cm³/mol. The monoisotopic (exact) mass is 530 g/mol. The maximum atomic E-state index is 14.5. The van der Waals surface area contributed by atoms with Crippen molar-refractivity contribution in [3.63, 3.8) is 0 Å². The van der Waals surface area contributed by atoms with E-state index in [0.29, 0.717) is 0 Å². The van der Waals surface area contributed by atoms with E-state index >= 15 is 0 Å². The lowest BCUT2D eigenvalue weighted by molar-refractivity contribution is -0.164. The third kappa shape index (κ3) is 3.45. The number of carbonyl (C=O) groups excluding carboxylic acids is 3. The van der Waals surface area contributed by atoms with Gasteiger partial charge in [-0.3, -0.25) is 14.4 Å². The van der Waals surface area contributed by atoms with Gasteiger partial charge in [0, 0.05) is 28.2 Å². The van der Waals surface area contributed by atoms with Crippen LogP contribution in [0.2, 0.25) is 0 Å². The Balaban J connectivity index is 1.49. The van der Waals surface area contributed by atoms with Crippen LogP contribution in [0.4, 0.5) is 0 Å². The molecule has 210 valence electrons. The molecule has 6 rings (SSSR count). The van der Waals surface area contributed by atoms with Crippen molar-refractivity contribution in [1.29, 1.82) is 5.26 Å². The van der Waals surface area contributed by atoms with Gasteiger partial charge < -0.3 is 5.32 Å². The molecule has 5 nitrogen and oxygen atoms in total. The third-order valence-electron chi connectivity index (χ3n) is 13.2. The number of nitriles is 1. The quantitative estimate of drug-likeness (QED) is 0.442. The number of amides is 1. The van der Waals surface area contributed by atoms with Crippen molar-refractivity contribution in [1.82, 2.24) is 5.32 Å². The van der Waals surface area contributed by atoms with Crippen LogP contribution in [-0.4, -0.2) is 23.0 Å². The Morgan fingerprint density at radius 2 is 1.62 bits per heavy atom. The first-order valence-corrected chi connectivity index (χ1v) is 15.3. The molecule has 5 heteroatoms. The van der Waals surface area contributed by atoms with Crippen LogP contribution in [0.3, 0.4) is 0 Å². The number of allylic oxidation sites excluding steroid dienone is 4. The average Bonchev–Trinajstić information content (AvgIpc) is 3.69. The predicted octanol–water partition coefficient (Wildman–Crippen LogP) is 6.48. The maximum absolute atomic E-state index is 14.5. The zero-order valence-corrected chi connectivity index (χ0v) is 25.0. The average molecular weight is 531 g/mol. The van der Waals surface area contributed by atoms with E-state index in [2.05, 4.69) is 46.0 Å². The Bertz CT molecular complexity index is 1280. The highest BCUT2D eigenvalue weighted by molar-refractivity contribution is 6.04. The molecule has 0 aromatic carbocycles. The van der Waals surface area contributed by atoms with Crippen LogP contribution in [0.1, 0.15) is 106 Å². The Kier molecular flexibility index (Phi) is 5.50. The molecule has 7 atom stereocenters. The molecule has 0 saturated heterocycles. The Labute approximate surface area is 234 Å². The first-order valence-electron chi connectivity index (χ1n) is 15.3. The number of nitrogens with zero attached hydrogens (tertiary/aromatic N) is 1. The SMILES string of the molecule is CC1(C)CC[C@]2(NC(=O)C3CC3)CC[C@]3(C)[C@H](C(=O)C=C4[C@@]5(C)C=C(C#N)C(=O)C(C)(C)C5CC[C@]43C)C2C1. The summed E-state index contributed by atoms with van der Waals surface area (Å²) in [5, 5.41) is 13.5. The lowest BCUT2D eigenvalue weighted by atomic mass is 9.35. The first-order chi connectivity index (χ1) is 18.0. The van der Waals surface area contributed by atoms with Crippen LogP contribution >= 0.6 is 0 Å². The second-order valence-corrected chi connectivity index (χ2v) is 16.2. The lowest BCUT2D eigenvalue weighted by Gasteiger charge is -2.69. The van der Waals surface area contributed by atoms with Crippen molar-refractivity contribution in [3.8, 4) is 6.07 Å².